The number of thiocyanates is 1. The van der Waals surface area contributed by atoms with Gasteiger partial charge in [-0.15, -0.1) is 16.9 Å². The smallest absolute Gasteiger partial charge is 0.352 e. The van der Waals surface area contributed by atoms with E-state index in [9.17, 15) is 24.3 Å². The number of Topliss-reactive ketones (excluding diaryl/α,β-unsaturated/α-hetero) is 1. The first kappa shape index (κ1) is 22.1. The number of fused-ring (bicyclic) bond motifs is 1. The van der Waals surface area contributed by atoms with E-state index in [0.29, 0.717) is 22.2 Å². The molecule has 3 rings (SSSR count). The second-order valence-electron chi connectivity index (χ2n) is 6.18. The summed E-state index contributed by atoms with van der Waals surface area (Å²) in [5.74, 6) is -2.29. The van der Waals surface area contributed by atoms with E-state index in [1.165, 1.54) is 33.1 Å². The second kappa shape index (κ2) is 9.49. The number of nitrogens with one attached hydrogen (secondary N) is 1. The first-order valence-corrected chi connectivity index (χ1v) is 11.4. The summed E-state index contributed by atoms with van der Waals surface area (Å²) in [5, 5.41) is 33.4. The summed E-state index contributed by atoms with van der Waals surface area (Å²) in [7, 11) is 1.66. The number of amides is 2. The van der Waals surface area contributed by atoms with Gasteiger partial charge in [0.1, 0.15) is 22.5 Å². The van der Waals surface area contributed by atoms with Crippen LogP contribution in [0, 0.1) is 10.7 Å². The molecule has 1 aromatic heterocycles. The quantitative estimate of drug-likeness (QED) is 0.200. The number of hydrogen-bond donors (Lipinski definition) is 2. The lowest BCUT2D eigenvalue weighted by molar-refractivity contribution is -0.150. The van der Waals surface area contributed by atoms with Gasteiger partial charge in [0, 0.05) is 18.6 Å². The summed E-state index contributed by atoms with van der Waals surface area (Å²) in [6.07, 6.45) is -0.439. The van der Waals surface area contributed by atoms with Crippen molar-refractivity contribution in [3.8, 4) is 5.40 Å². The third-order valence-corrected chi connectivity index (χ3v) is 7.21. The number of aryl methyl sites for hydroxylation is 1. The number of carboxylic acids is 1. The van der Waals surface area contributed by atoms with Gasteiger partial charge in [-0.25, -0.2) is 9.48 Å². The van der Waals surface area contributed by atoms with Crippen LogP contribution in [-0.2, 0) is 26.2 Å². The lowest BCUT2D eigenvalue weighted by Gasteiger charge is -2.49. The first-order chi connectivity index (χ1) is 14.3. The number of carbonyl (C=O) groups is 4. The van der Waals surface area contributed by atoms with Crippen LogP contribution in [-0.4, -0.2) is 82.5 Å². The van der Waals surface area contributed by atoms with E-state index < -0.39 is 41.4 Å². The molecule has 0 radical (unpaired) electrons. The van der Waals surface area contributed by atoms with Crippen LogP contribution in [0.3, 0.4) is 0 Å². The van der Waals surface area contributed by atoms with E-state index in [4.69, 9.17) is 5.26 Å². The third kappa shape index (κ3) is 4.60. The van der Waals surface area contributed by atoms with Crippen molar-refractivity contribution < 1.29 is 24.3 Å². The van der Waals surface area contributed by atoms with Gasteiger partial charge in [-0.2, -0.15) is 5.26 Å². The highest BCUT2D eigenvalue weighted by Crippen LogP contribution is 2.41. The van der Waals surface area contributed by atoms with Gasteiger partial charge in [-0.3, -0.25) is 19.3 Å². The molecule has 1 fully saturated rings. The van der Waals surface area contributed by atoms with Crippen LogP contribution in [0.1, 0.15) is 6.42 Å². The number of thioether (sulfide) groups is 3. The standard InChI is InChI=1S/C15H15N7O5S3/c1-21-15(18-19-20-21)30-4-7-3-29-13-10(12(25)22(13)11(7)14(26)27)17-9(24)2-8(23)5-28-6-16/h10,13H,2-5H2,1H3,(H,17,24)(H,26,27)/t10?,13-/m0/s1. The van der Waals surface area contributed by atoms with Gasteiger partial charge in [0.2, 0.25) is 11.1 Å². The van der Waals surface area contributed by atoms with Crippen molar-refractivity contribution in [2.45, 2.75) is 23.0 Å². The summed E-state index contributed by atoms with van der Waals surface area (Å²) in [6.45, 7) is 0. The van der Waals surface area contributed by atoms with Crippen LogP contribution in [0.5, 0.6) is 0 Å². The van der Waals surface area contributed by atoms with Gasteiger partial charge in [-0.05, 0) is 27.8 Å². The van der Waals surface area contributed by atoms with Crippen molar-refractivity contribution in [2.24, 2.45) is 7.05 Å². The van der Waals surface area contributed by atoms with Crippen molar-refractivity contribution in [1.82, 2.24) is 30.4 Å². The zero-order valence-corrected chi connectivity index (χ0v) is 17.9. The van der Waals surface area contributed by atoms with Crippen LogP contribution >= 0.6 is 35.3 Å². The van der Waals surface area contributed by atoms with E-state index in [1.807, 2.05) is 0 Å². The van der Waals surface area contributed by atoms with Crippen molar-refractivity contribution in [3.63, 3.8) is 0 Å². The second-order valence-corrected chi connectivity index (χ2v) is 8.99. The maximum absolute atomic E-state index is 12.6. The predicted molar refractivity (Wildman–Crippen MR) is 107 cm³/mol. The molecule has 2 aliphatic rings. The van der Waals surface area contributed by atoms with E-state index in [1.54, 1.807) is 12.4 Å². The number of aromatic nitrogens is 4. The Hall–Kier alpha value is -2.57. The fourth-order valence-corrected chi connectivity index (χ4v) is 5.52. The highest BCUT2D eigenvalue weighted by atomic mass is 32.2. The van der Waals surface area contributed by atoms with Gasteiger partial charge >= 0.3 is 5.97 Å². The minimum Gasteiger partial charge on any atom is -0.477 e. The topological polar surface area (TPSA) is 171 Å². The molecular weight excluding hydrogens is 454 g/mol. The van der Waals surface area contributed by atoms with Gasteiger partial charge in [0.15, 0.2) is 5.78 Å². The molecular formula is C15H15N7O5S3. The largest absolute Gasteiger partial charge is 0.477 e. The summed E-state index contributed by atoms with van der Waals surface area (Å²) in [4.78, 5) is 49.2. The normalized spacial score (nSPS) is 20.3. The van der Waals surface area contributed by atoms with Gasteiger partial charge in [-0.1, -0.05) is 11.8 Å². The van der Waals surface area contributed by atoms with Crippen LogP contribution in [0.4, 0.5) is 0 Å². The Morgan fingerprint density at radius 3 is 2.83 bits per heavy atom. The number of aliphatic carboxylic acids is 1. The number of β-lactam (4-membered cyclic amide) rings is 1. The number of nitrogens with zero attached hydrogens (tertiary/aromatic N) is 6. The van der Waals surface area contributed by atoms with Crippen molar-refractivity contribution in [1.29, 1.82) is 5.26 Å². The van der Waals surface area contributed by atoms with Gasteiger partial charge < -0.3 is 10.4 Å². The maximum Gasteiger partial charge on any atom is 0.352 e. The molecule has 0 aliphatic carbocycles. The number of tetrazole rings is 1. The third-order valence-electron chi connectivity index (χ3n) is 4.18. The number of rotatable bonds is 9. The highest BCUT2D eigenvalue weighted by Gasteiger charge is 2.54. The lowest BCUT2D eigenvalue weighted by Crippen LogP contribution is -2.70. The molecule has 0 bridgehead atoms. The summed E-state index contributed by atoms with van der Waals surface area (Å²) in [6, 6.07) is -0.898. The Morgan fingerprint density at radius 2 is 2.20 bits per heavy atom. The molecule has 30 heavy (non-hydrogen) atoms. The molecule has 2 amide bonds. The van der Waals surface area contributed by atoms with E-state index in [0.717, 1.165) is 11.8 Å². The average molecular weight is 470 g/mol. The summed E-state index contributed by atoms with van der Waals surface area (Å²) >= 11 is 3.33. The Balaban J connectivity index is 1.65. The lowest BCUT2D eigenvalue weighted by atomic mass is 10.0. The zero-order chi connectivity index (χ0) is 21.8. The van der Waals surface area contributed by atoms with Crippen molar-refractivity contribution in [2.75, 3.05) is 17.3 Å². The molecule has 2 aliphatic heterocycles. The fraction of sp³-hybridized carbons (Fsp3) is 0.467. The van der Waals surface area contributed by atoms with Crippen molar-refractivity contribution in [3.05, 3.63) is 11.3 Å². The molecule has 0 spiro atoms. The van der Waals surface area contributed by atoms with Crippen LogP contribution in [0.25, 0.3) is 0 Å². The predicted octanol–water partition coefficient (Wildman–Crippen LogP) is -0.786. The molecule has 158 valence electrons. The Bertz CT molecular complexity index is 972. The van der Waals surface area contributed by atoms with E-state index in [2.05, 4.69) is 20.8 Å². The molecule has 12 nitrogen and oxygen atoms in total. The van der Waals surface area contributed by atoms with Gasteiger partial charge in [0.25, 0.3) is 5.91 Å². The highest BCUT2D eigenvalue weighted by molar-refractivity contribution is 8.04. The molecule has 1 saturated heterocycles. The molecule has 1 aromatic rings. The number of ketones is 1. The van der Waals surface area contributed by atoms with Gasteiger partial charge in [0.05, 0.1) is 12.2 Å². The Labute approximate surface area is 182 Å². The molecule has 15 heteroatoms. The number of hydrogen-bond acceptors (Lipinski definition) is 11. The fourth-order valence-electron chi connectivity index (χ4n) is 2.86. The van der Waals surface area contributed by atoms with Crippen molar-refractivity contribution >= 4 is 58.9 Å². The number of carboxylic acid groups (broad SMARTS) is 1. The summed E-state index contributed by atoms with van der Waals surface area (Å²) < 4.78 is 1.46. The first-order valence-electron chi connectivity index (χ1n) is 8.40. The monoisotopic (exact) mass is 469 g/mol. The molecule has 2 N–H and O–H groups in total. The number of carbonyl (C=O) groups excluding carboxylic acids is 3. The van der Waals surface area contributed by atoms with Crippen LogP contribution < -0.4 is 5.32 Å². The minimum atomic E-state index is -1.23. The Morgan fingerprint density at radius 1 is 1.43 bits per heavy atom. The number of nitriles is 1. The zero-order valence-electron chi connectivity index (χ0n) is 15.5. The van der Waals surface area contributed by atoms with Crippen LogP contribution in [0.2, 0.25) is 0 Å². The SMILES string of the molecule is Cn1nnnc1SCC1=C(C(=O)O)N2C(=O)C(NC(=O)CC(=O)CSC#N)[C@@H]2SC1. The molecule has 0 aromatic carbocycles. The van der Waals surface area contributed by atoms with Crippen LogP contribution in [0.15, 0.2) is 16.4 Å². The molecule has 1 unspecified atom stereocenters. The summed E-state index contributed by atoms with van der Waals surface area (Å²) in [5.41, 5.74) is 0.456. The van der Waals surface area contributed by atoms with E-state index >= 15 is 0 Å². The Kier molecular flexibility index (Phi) is 7.00. The molecule has 2 atom stereocenters. The average Bonchev–Trinajstić information content (AvgIpc) is 3.12. The molecule has 3 heterocycles. The molecule has 0 saturated carbocycles. The van der Waals surface area contributed by atoms with E-state index in [-0.39, 0.29) is 11.4 Å². The maximum atomic E-state index is 12.6. The minimum absolute atomic E-state index is 0.0987.